The number of carbonyl (C=O) groups excluding carboxylic acids is 1. The molecule has 1 saturated carbocycles. The van der Waals surface area contributed by atoms with Crippen LogP contribution in [-0.2, 0) is 19.6 Å². The molecule has 0 aromatic carbocycles. The summed E-state index contributed by atoms with van der Waals surface area (Å²) in [6, 6.07) is 0.174. The number of fused-ring (bicyclic) bond motifs is 1. The maximum Gasteiger partial charge on any atom is 0.237 e. The van der Waals surface area contributed by atoms with Crippen molar-refractivity contribution in [2.45, 2.75) is 38.8 Å². The van der Waals surface area contributed by atoms with Crippen LogP contribution in [0, 0.1) is 11.8 Å². The van der Waals surface area contributed by atoms with Gasteiger partial charge in [-0.1, -0.05) is 0 Å². The highest BCUT2D eigenvalue weighted by atomic mass is 35.5. The third kappa shape index (κ3) is 5.86. The average Bonchev–Trinajstić information content (AvgIpc) is 2.98. The largest absolute Gasteiger partial charge is 0.378 e. The molecule has 136 valence electrons. The van der Waals surface area contributed by atoms with Crippen molar-refractivity contribution in [1.29, 1.82) is 0 Å². The van der Waals surface area contributed by atoms with Crippen LogP contribution in [0.15, 0.2) is 0 Å². The first-order valence-corrected chi connectivity index (χ1v) is 9.56. The molecule has 1 amide bonds. The van der Waals surface area contributed by atoms with E-state index < -0.39 is 10.0 Å². The van der Waals surface area contributed by atoms with Crippen LogP contribution in [0.1, 0.15) is 26.7 Å². The molecule has 0 aromatic heterocycles. The molecule has 3 unspecified atom stereocenters. The zero-order valence-corrected chi connectivity index (χ0v) is 15.4. The smallest absolute Gasteiger partial charge is 0.237 e. The Hall–Kier alpha value is -0.410. The molecule has 23 heavy (non-hydrogen) atoms. The highest BCUT2D eigenvalue weighted by molar-refractivity contribution is 7.89. The summed E-state index contributed by atoms with van der Waals surface area (Å²) in [6.07, 6.45) is 2.08. The van der Waals surface area contributed by atoms with Crippen molar-refractivity contribution < 1.29 is 17.9 Å². The van der Waals surface area contributed by atoms with E-state index in [2.05, 4.69) is 4.72 Å². The number of ether oxygens (including phenoxy) is 1. The number of nitrogens with one attached hydrogen (secondary N) is 1. The topological polar surface area (TPSA) is 102 Å². The number of likely N-dealkylation sites (tertiary alicyclic amines) is 1. The van der Waals surface area contributed by atoms with E-state index in [4.69, 9.17) is 10.5 Å². The van der Waals surface area contributed by atoms with Crippen molar-refractivity contribution in [2.75, 3.05) is 32.0 Å². The molecular weight excluding hydrogens is 342 g/mol. The molecule has 0 radical (unpaired) electrons. The number of rotatable bonds is 7. The SMILES string of the molecule is CC(C)OCCS(=O)(=O)NCC(=O)N1CC2CCC(N)C2C1.Cl. The summed E-state index contributed by atoms with van der Waals surface area (Å²) >= 11 is 0. The maximum absolute atomic E-state index is 12.1. The minimum Gasteiger partial charge on any atom is -0.378 e. The molecule has 9 heteroatoms. The second-order valence-electron chi connectivity index (χ2n) is 6.52. The molecule has 1 heterocycles. The fourth-order valence-corrected chi connectivity index (χ4v) is 4.06. The Morgan fingerprint density at radius 2 is 2.04 bits per heavy atom. The van der Waals surface area contributed by atoms with Gasteiger partial charge in [0.05, 0.1) is 25.0 Å². The van der Waals surface area contributed by atoms with Crippen molar-refractivity contribution in [3.63, 3.8) is 0 Å². The molecule has 1 saturated heterocycles. The van der Waals surface area contributed by atoms with E-state index in [0.29, 0.717) is 24.9 Å². The standard InChI is InChI=1S/C14H27N3O4S.ClH/c1-10(2)21-5-6-22(19,20)16-7-14(18)17-8-11-3-4-13(15)12(11)9-17;/h10-13,16H,3-9,15H2,1-2H3;1H. The monoisotopic (exact) mass is 369 g/mol. The number of carbonyl (C=O) groups is 1. The molecule has 1 aliphatic heterocycles. The van der Waals surface area contributed by atoms with Gasteiger partial charge >= 0.3 is 0 Å². The fraction of sp³-hybridized carbons (Fsp3) is 0.929. The van der Waals surface area contributed by atoms with Crippen LogP contribution in [0.2, 0.25) is 0 Å². The molecular formula is C14H28ClN3O4S. The highest BCUT2D eigenvalue weighted by Gasteiger charge is 2.42. The van der Waals surface area contributed by atoms with Crippen LogP contribution in [0.3, 0.4) is 0 Å². The Kier molecular flexibility index (Phi) is 7.73. The van der Waals surface area contributed by atoms with Gasteiger partial charge < -0.3 is 15.4 Å². The first-order chi connectivity index (χ1) is 10.3. The predicted molar refractivity (Wildman–Crippen MR) is 90.9 cm³/mol. The highest BCUT2D eigenvalue weighted by Crippen LogP contribution is 2.36. The van der Waals surface area contributed by atoms with Gasteiger partial charge in [-0.05, 0) is 38.5 Å². The molecule has 2 aliphatic rings. The van der Waals surface area contributed by atoms with Gasteiger partial charge in [0.15, 0.2) is 0 Å². The number of nitrogens with zero attached hydrogens (tertiary/aromatic N) is 1. The van der Waals surface area contributed by atoms with Gasteiger partial charge in [-0.25, -0.2) is 13.1 Å². The molecule has 0 bridgehead atoms. The van der Waals surface area contributed by atoms with E-state index in [0.717, 1.165) is 12.8 Å². The lowest BCUT2D eigenvalue weighted by Gasteiger charge is -2.19. The predicted octanol–water partition coefficient (Wildman–Crippen LogP) is -0.0517. The van der Waals surface area contributed by atoms with E-state index in [-0.39, 0.29) is 49.4 Å². The second kappa shape index (κ2) is 8.62. The van der Waals surface area contributed by atoms with Crippen LogP contribution in [0.4, 0.5) is 0 Å². The summed E-state index contributed by atoms with van der Waals surface area (Å²) in [4.78, 5) is 13.9. The van der Waals surface area contributed by atoms with Crippen molar-refractivity contribution in [3.05, 3.63) is 0 Å². The Labute approximate surface area is 144 Å². The van der Waals surface area contributed by atoms with Crippen molar-refractivity contribution in [1.82, 2.24) is 9.62 Å². The van der Waals surface area contributed by atoms with E-state index in [1.165, 1.54) is 0 Å². The van der Waals surface area contributed by atoms with Gasteiger partial charge in [-0.3, -0.25) is 4.79 Å². The zero-order chi connectivity index (χ0) is 16.3. The van der Waals surface area contributed by atoms with Crippen LogP contribution in [0.25, 0.3) is 0 Å². The van der Waals surface area contributed by atoms with Gasteiger partial charge in [0.2, 0.25) is 15.9 Å². The van der Waals surface area contributed by atoms with Gasteiger partial charge in [-0.2, -0.15) is 0 Å². The van der Waals surface area contributed by atoms with Gasteiger partial charge in [0, 0.05) is 19.1 Å². The zero-order valence-electron chi connectivity index (χ0n) is 13.7. The fourth-order valence-electron chi connectivity index (χ4n) is 3.26. The number of hydrogen-bond acceptors (Lipinski definition) is 5. The van der Waals surface area contributed by atoms with Crippen LogP contribution in [0.5, 0.6) is 0 Å². The Morgan fingerprint density at radius 3 is 2.65 bits per heavy atom. The van der Waals surface area contributed by atoms with Crippen molar-refractivity contribution in [2.24, 2.45) is 17.6 Å². The summed E-state index contributed by atoms with van der Waals surface area (Å²) in [5, 5.41) is 0. The van der Waals surface area contributed by atoms with Gasteiger partial charge in [0.25, 0.3) is 0 Å². The Bertz CT molecular complexity index is 500. The first-order valence-electron chi connectivity index (χ1n) is 7.91. The van der Waals surface area contributed by atoms with Crippen LogP contribution in [-0.4, -0.2) is 63.4 Å². The van der Waals surface area contributed by atoms with Crippen molar-refractivity contribution >= 4 is 28.3 Å². The molecule has 2 rings (SSSR count). The van der Waals surface area contributed by atoms with E-state index >= 15 is 0 Å². The van der Waals surface area contributed by atoms with E-state index in [1.807, 2.05) is 13.8 Å². The molecule has 3 N–H and O–H groups in total. The van der Waals surface area contributed by atoms with E-state index in [1.54, 1.807) is 4.90 Å². The molecule has 7 nitrogen and oxygen atoms in total. The second-order valence-corrected chi connectivity index (χ2v) is 8.45. The lowest BCUT2D eigenvalue weighted by atomic mass is 9.98. The quantitative estimate of drug-likeness (QED) is 0.655. The third-order valence-corrected chi connectivity index (χ3v) is 5.80. The first kappa shape index (κ1) is 20.6. The minimum absolute atomic E-state index is 0. The normalized spacial score (nSPS) is 27.1. The number of hydrogen-bond donors (Lipinski definition) is 2. The average molecular weight is 370 g/mol. The molecule has 2 fully saturated rings. The lowest BCUT2D eigenvalue weighted by Crippen LogP contribution is -2.41. The van der Waals surface area contributed by atoms with Crippen molar-refractivity contribution in [3.8, 4) is 0 Å². The summed E-state index contributed by atoms with van der Waals surface area (Å²) < 4.78 is 31.2. The lowest BCUT2D eigenvalue weighted by molar-refractivity contribution is -0.129. The Balaban J connectivity index is 0.00000264. The summed E-state index contributed by atoms with van der Waals surface area (Å²) in [6.45, 7) is 5.00. The summed E-state index contributed by atoms with van der Waals surface area (Å²) in [5.41, 5.74) is 6.04. The minimum atomic E-state index is -3.48. The number of halogens is 1. The molecule has 0 aromatic rings. The summed E-state index contributed by atoms with van der Waals surface area (Å²) in [7, 11) is -3.48. The van der Waals surface area contributed by atoms with Gasteiger partial charge in [0.1, 0.15) is 0 Å². The maximum atomic E-state index is 12.1. The van der Waals surface area contributed by atoms with Crippen LogP contribution >= 0.6 is 12.4 Å². The molecule has 1 aliphatic carbocycles. The number of amides is 1. The van der Waals surface area contributed by atoms with Crippen LogP contribution < -0.4 is 10.5 Å². The number of nitrogens with two attached hydrogens (primary N) is 1. The van der Waals surface area contributed by atoms with E-state index in [9.17, 15) is 13.2 Å². The Morgan fingerprint density at radius 1 is 1.35 bits per heavy atom. The molecule has 0 spiro atoms. The number of sulfonamides is 1. The summed E-state index contributed by atoms with van der Waals surface area (Å²) in [5.74, 6) is 0.555. The molecule has 3 atom stereocenters. The third-order valence-electron chi connectivity index (χ3n) is 4.51. The van der Waals surface area contributed by atoms with Gasteiger partial charge in [-0.15, -0.1) is 12.4 Å².